The summed E-state index contributed by atoms with van der Waals surface area (Å²) in [5.41, 5.74) is 3.41. The summed E-state index contributed by atoms with van der Waals surface area (Å²) in [6.07, 6.45) is 5.88. The predicted octanol–water partition coefficient (Wildman–Crippen LogP) is 6.29. The van der Waals surface area contributed by atoms with Gasteiger partial charge in [0.1, 0.15) is 5.75 Å². The molecule has 0 saturated carbocycles. The molecule has 0 aliphatic heterocycles. The lowest BCUT2D eigenvalue weighted by atomic mass is 10.0. The number of unbranched alkanes of at least 4 members (excludes halogenated alkanes) is 4. The highest BCUT2D eigenvalue weighted by molar-refractivity contribution is 5.86. The molecule has 0 heterocycles. The molecule has 4 heteroatoms. The molecule has 0 aromatic heterocycles. The van der Waals surface area contributed by atoms with Gasteiger partial charge in [-0.25, -0.2) is 0 Å². The van der Waals surface area contributed by atoms with E-state index in [1.54, 1.807) is 6.92 Å². The summed E-state index contributed by atoms with van der Waals surface area (Å²) < 4.78 is 10.4. The van der Waals surface area contributed by atoms with E-state index >= 15 is 0 Å². The first-order chi connectivity index (χ1) is 14.0. The molecule has 0 spiro atoms. The maximum absolute atomic E-state index is 12.7. The lowest BCUT2D eigenvalue weighted by molar-refractivity contribution is -0.140. The predicted molar refractivity (Wildman–Crippen MR) is 116 cm³/mol. The van der Waals surface area contributed by atoms with E-state index in [-0.39, 0.29) is 11.8 Å². The number of rotatable bonds is 11. The minimum atomic E-state index is -0.483. The molecule has 0 amide bonds. The first-order valence-electron chi connectivity index (χ1n) is 10.6. The van der Waals surface area contributed by atoms with Crippen molar-refractivity contribution in [2.75, 3.05) is 6.61 Å². The van der Waals surface area contributed by atoms with Crippen molar-refractivity contribution in [3.8, 4) is 16.9 Å². The average Bonchev–Trinajstić information content (AvgIpc) is 3.32. The smallest absolute Gasteiger partial charge is 0.302 e. The standard InChI is InChI=1S/C21H24O2.C4H8O2/c1-2-3-4-5-9-12-20(22)21(16-10-7-6-8-11-16)23-19-14-17-13-18(17)15-19;1-3-6-4(2)5/h6-8,10-11,13-15,21H,2-5,9,12H2,1H3;3H2,1-2H3. The van der Waals surface area contributed by atoms with E-state index in [0.29, 0.717) is 13.0 Å². The molecule has 2 aliphatic carbocycles. The Morgan fingerprint density at radius 3 is 2.10 bits per heavy atom. The highest BCUT2D eigenvalue weighted by Crippen LogP contribution is 2.41. The Kier molecular flexibility index (Phi) is 9.42. The lowest BCUT2D eigenvalue weighted by Crippen LogP contribution is -2.18. The molecule has 0 radical (unpaired) electrons. The first-order valence-corrected chi connectivity index (χ1v) is 10.6. The van der Waals surface area contributed by atoms with E-state index in [2.05, 4.69) is 17.7 Å². The van der Waals surface area contributed by atoms with Crippen LogP contribution in [-0.2, 0) is 14.3 Å². The van der Waals surface area contributed by atoms with E-state index in [4.69, 9.17) is 4.74 Å². The maximum atomic E-state index is 12.7. The summed E-state index contributed by atoms with van der Waals surface area (Å²) >= 11 is 0. The number of ether oxygens (including phenoxy) is 2. The van der Waals surface area contributed by atoms with E-state index in [9.17, 15) is 9.59 Å². The van der Waals surface area contributed by atoms with Crippen molar-refractivity contribution in [2.24, 2.45) is 0 Å². The van der Waals surface area contributed by atoms with Crippen molar-refractivity contribution < 1.29 is 19.1 Å². The summed E-state index contributed by atoms with van der Waals surface area (Å²) in [4.78, 5) is 22.5. The van der Waals surface area contributed by atoms with Crippen LogP contribution >= 0.6 is 0 Å². The lowest BCUT2D eigenvalue weighted by Gasteiger charge is -2.18. The van der Waals surface area contributed by atoms with Gasteiger partial charge in [-0.05, 0) is 48.2 Å². The summed E-state index contributed by atoms with van der Waals surface area (Å²) in [5.74, 6) is 0.782. The minimum Gasteiger partial charge on any atom is -0.478 e. The largest absolute Gasteiger partial charge is 0.478 e. The third-order valence-electron chi connectivity index (χ3n) is 4.68. The summed E-state index contributed by atoms with van der Waals surface area (Å²) in [6.45, 7) is 5.86. The topological polar surface area (TPSA) is 52.6 Å². The zero-order chi connectivity index (χ0) is 21.1. The molecule has 1 atom stereocenters. The maximum Gasteiger partial charge on any atom is 0.302 e. The number of benzene rings is 2. The molecule has 2 aliphatic rings. The fraction of sp³-hybridized carbons (Fsp3) is 0.440. The van der Waals surface area contributed by atoms with Crippen LogP contribution in [0.25, 0.3) is 11.1 Å². The zero-order valence-corrected chi connectivity index (χ0v) is 17.8. The van der Waals surface area contributed by atoms with Gasteiger partial charge in [-0.3, -0.25) is 9.59 Å². The van der Waals surface area contributed by atoms with Crippen molar-refractivity contribution in [3.05, 3.63) is 54.1 Å². The molecule has 29 heavy (non-hydrogen) atoms. The Morgan fingerprint density at radius 1 is 0.897 bits per heavy atom. The van der Waals surface area contributed by atoms with Crippen molar-refractivity contribution in [2.45, 2.75) is 65.4 Å². The Hall–Kier alpha value is -2.62. The van der Waals surface area contributed by atoms with Crippen LogP contribution in [0.1, 0.15) is 71.0 Å². The van der Waals surface area contributed by atoms with Gasteiger partial charge >= 0.3 is 5.97 Å². The second-order valence-electron chi connectivity index (χ2n) is 7.21. The number of esters is 1. The third-order valence-corrected chi connectivity index (χ3v) is 4.68. The molecule has 0 fully saturated rings. The fourth-order valence-corrected chi connectivity index (χ4v) is 3.12. The van der Waals surface area contributed by atoms with Gasteiger partial charge in [-0.15, -0.1) is 0 Å². The molecular formula is C25H32O4. The van der Waals surface area contributed by atoms with Crippen molar-refractivity contribution in [1.29, 1.82) is 0 Å². The van der Waals surface area contributed by atoms with Crippen LogP contribution in [-0.4, -0.2) is 18.4 Å². The Balaban J connectivity index is 0.000000438. The van der Waals surface area contributed by atoms with E-state index in [1.165, 1.54) is 37.3 Å². The van der Waals surface area contributed by atoms with Crippen molar-refractivity contribution >= 4 is 11.8 Å². The number of Topliss-reactive ketones (excluding diaryl/α,β-unsaturated/α-hetero) is 1. The molecular weight excluding hydrogens is 364 g/mol. The molecule has 1 aromatic carbocycles. The van der Waals surface area contributed by atoms with Gasteiger partial charge in [0.15, 0.2) is 11.9 Å². The molecule has 1 unspecified atom stereocenters. The molecule has 0 N–H and O–H groups in total. The quantitative estimate of drug-likeness (QED) is 0.282. The van der Waals surface area contributed by atoms with Gasteiger partial charge in [0, 0.05) is 13.3 Å². The van der Waals surface area contributed by atoms with Crippen LogP contribution in [0.5, 0.6) is 5.75 Å². The SMILES string of the molecule is CCCCCCCC(=O)C(Oc1cc2cc-2c1)c1ccccc1.CCOC(C)=O. The number of fused-ring (bicyclic) bond motifs is 1. The monoisotopic (exact) mass is 396 g/mol. The van der Waals surface area contributed by atoms with Gasteiger partial charge in [0.05, 0.1) is 6.61 Å². The molecule has 0 bridgehead atoms. The van der Waals surface area contributed by atoms with E-state index in [0.717, 1.165) is 24.2 Å². The number of hydrogen-bond donors (Lipinski definition) is 0. The van der Waals surface area contributed by atoms with Crippen LogP contribution in [0.4, 0.5) is 0 Å². The highest BCUT2D eigenvalue weighted by atomic mass is 16.5. The van der Waals surface area contributed by atoms with Gasteiger partial charge in [0.2, 0.25) is 0 Å². The van der Waals surface area contributed by atoms with Crippen molar-refractivity contribution in [1.82, 2.24) is 0 Å². The second-order valence-corrected chi connectivity index (χ2v) is 7.21. The average molecular weight is 397 g/mol. The van der Waals surface area contributed by atoms with Gasteiger partial charge in [-0.2, -0.15) is 0 Å². The summed E-state index contributed by atoms with van der Waals surface area (Å²) in [7, 11) is 0. The van der Waals surface area contributed by atoms with Crippen LogP contribution in [0.3, 0.4) is 0 Å². The van der Waals surface area contributed by atoms with Gasteiger partial charge in [-0.1, -0.05) is 62.9 Å². The second kappa shape index (κ2) is 12.1. The molecule has 1 aromatic rings. The number of hydrogen-bond acceptors (Lipinski definition) is 4. The Labute approximate surface area is 174 Å². The molecule has 3 rings (SSSR count). The van der Waals surface area contributed by atoms with Crippen LogP contribution < -0.4 is 4.74 Å². The van der Waals surface area contributed by atoms with Gasteiger partial charge < -0.3 is 9.47 Å². The Bertz CT molecular complexity index is 762. The van der Waals surface area contributed by atoms with Gasteiger partial charge in [0.25, 0.3) is 0 Å². The van der Waals surface area contributed by atoms with Crippen LogP contribution in [0, 0.1) is 0 Å². The third kappa shape index (κ3) is 8.10. The molecule has 0 saturated heterocycles. The van der Waals surface area contributed by atoms with Crippen molar-refractivity contribution in [3.63, 3.8) is 0 Å². The highest BCUT2D eigenvalue weighted by Gasteiger charge is 2.24. The fourth-order valence-electron chi connectivity index (χ4n) is 3.12. The first kappa shape index (κ1) is 22.7. The van der Waals surface area contributed by atoms with Crippen LogP contribution in [0.2, 0.25) is 0 Å². The van der Waals surface area contributed by atoms with E-state index in [1.807, 2.05) is 42.5 Å². The number of carbonyl (C=O) groups is 2. The van der Waals surface area contributed by atoms with E-state index < -0.39 is 6.10 Å². The minimum absolute atomic E-state index is 0.182. The number of carbonyl (C=O) groups excluding carboxylic acids is 2. The molecule has 4 nitrogen and oxygen atoms in total. The summed E-state index contributed by atoms with van der Waals surface area (Å²) in [5, 5.41) is 0. The van der Waals surface area contributed by atoms with Crippen LogP contribution in [0.15, 0.2) is 48.5 Å². The summed E-state index contributed by atoms with van der Waals surface area (Å²) in [6, 6.07) is 16.0. The Morgan fingerprint density at radius 2 is 1.55 bits per heavy atom. The molecule has 156 valence electrons. The number of ketones is 1. The zero-order valence-electron chi connectivity index (χ0n) is 17.8. The normalized spacial score (nSPS) is 11.7.